The number of halogens is 1. The van der Waals surface area contributed by atoms with Crippen LogP contribution in [0.4, 0.5) is 16.0 Å². The molecule has 0 spiro atoms. The number of rotatable bonds is 6. The Morgan fingerprint density at radius 2 is 2.12 bits per heavy atom. The Kier molecular flexibility index (Phi) is 4.23. The van der Waals surface area contributed by atoms with E-state index in [-0.39, 0.29) is 17.6 Å². The summed E-state index contributed by atoms with van der Waals surface area (Å²) in [6.07, 6.45) is 7.36. The van der Waals surface area contributed by atoms with E-state index in [4.69, 9.17) is 9.40 Å². The summed E-state index contributed by atoms with van der Waals surface area (Å²) >= 11 is 0. The molecular weight excluding hydrogens is 437 g/mol. The molecule has 2 fully saturated rings. The van der Waals surface area contributed by atoms with Crippen molar-refractivity contribution in [2.75, 3.05) is 18.5 Å². The Hall–Kier alpha value is -3.53. The van der Waals surface area contributed by atoms with Gasteiger partial charge in [0.25, 0.3) is 5.56 Å². The van der Waals surface area contributed by atoms with Crippen molar-refractivity contribution in [1.29, 1.82) is 0 Å². The standard InChI is InChI=1S/C24H24FN7O2/c25-13-24(6-7-24)19-12-34-23(29-19)32-20-18(21(33)31(32)17-3-4-17)11-27-22(30-20)28-16-2-1-15-10-26-8-5-14(15)9-16/h1-2,9,11-12,17,26H,3-8,10,13H2,(H,27,28,30). The lowest BCUT2D eigenvalue weighted by Gasteiger charge is -2.18. The number of oxazole rings is 1. The summed E-state index contributed by atoms with van der Waals surface area (Å²) in [7, 11) is 0. The fraction of sp³-hybridized carbons (Fsp3) is 0.417. The summed E-state index contributed by atoms with van der Waals surface area (Å²) in [4.78, 5) is 26.9. The van der Waals surface area contributed by atoms with Crippen LogP contribution in [-0.2, 0) is 18.4 Å². The predicted octanol–water partition coefficient (Wildman–Crippen LogP) is 3.30. The van der Waals surface area contributed by atoms with Gasteiger partial charge < -0.3 is 15.1 Å². The van der Waals surface area contributed by atoms with Crippen LogP contribution in [0, 0.1) is 0 Å². The monoisotopic (exact) mass is 461 g/mol. The van der Waals surface area contributed by atoms with E-state index < -0.39 is 12.1 Å². The molecular formula is C24H24FN7O2. The molecule has 0 amide bonds. The molecule has 3 aliphatic rings. The van der Waals surface area contributed by atoms with Crippen LogP contribution in [-0.4, -0.2) is 37.5 Å². The fourth-order valence-corrected chi connectivity index (χ4v) is 4.79. The van der Waals surface area contributed by atoms with Gasteiger partial charge in [-0.1, -0.05) is 6.07 Å². The Morgan fingerprint density at radius 3 is 2.91 bits per heavy atom. The maximum atomic E-state index is 13.6. The summed E-state index contributed by atoms with van der Waals surface area (Å²) < 4.78 is 22.7. The first-order valence-corrected chi connectivity index (χ1v) is 11.8. The molecule has 0 unspecified atom stereocenters. The topological polar surface area (TPSA) is 103 Å². The minimum Gasteiger partial charge on any atom is -0.430 e. The van der Waals surface area contributed by atoms with E-state index in [1.165, 1.54) is 17.4 Å². The van der Waals surface area contributed by atoms with Gasteiger partial charge in [0, 0.05) is 23.8 Å². The molecule has 1 aliphatic heterocycles. The van der Waals surface area contributed by atoms with Crippen LogP contribution in [0.15, 0.2) is 39.9 Å². The van der Waals surface area contributed by atoms with E-state index in [0.717, 1.165) is 50.9 Å². The van der Waals surface area contributed by atoms with Gasteiger partial charge in [0.1, 0.15) is 18.3 Å². The third-order valence-corrected chi connectivity index (χ3v) is 7.19. The fourth-order valence-electron chi connectivity index (χ4n) is 4.79. The van der Waals surface area contributed by atoms with Gasteiger partial charge in [-0.05, 0) is 61.9 Å². The van der Waals surface area contributed by atoms with Crippen LogP contribution < -0.4 is 16.2 Å². The van der Waals surface area contributed by atoms with E-state index in [2.05, 4.69) is 32.7 Å². The second-order valence-corrected chi connectivity index (χ2v) is 9.59. The quantitative estimate of drug-likeness (QED) is 0.454. The van der Waals surface area contributed by atoms with Crippen molar-refractivity contribution < 1.29 is 8.81 Å². The van der Waals surface area contributed by atoms with E-state index >= 15 is 0 Å². The highest BCUT2D eigenvalue weighted by Crippen LogP contribution is 2.48. The Bertz CT molecular complexity index is 1480. The molecule has 2 saturated carbocycles. The van der Waals surface area contributed by atoms with Crippen molar-refractivity contribution in [2.45, 2.75) is 50.1 Å². The maximum Gasteiger partial charge on any atom is 0.323 e. The molecule has 4 aromatic rings. The highest BCUT2D eigenvalue weighted by Gasteiger charge is 2.47. The van der Waals surface area contributed by atoms with Crippen LogP contribution in [0.1, 0.15) is 48.5 Å². The highest BCUT2D eigenvalue weighted by atomic mass is 19.1. The number of hydrogen-bond donors (Lipinski definition) is 2. The predicted molar refractivity (Wildman–Crippen MR) is 123 cm³/mol. The van der Waals surface area contributed by atoms with Crippen molar-refractivity contribution in [3.8, 4) is 6.01 Å². The highest BCUT2D eigenvalue weighted by molar-refractivity contribution is 5.76. The first-order chi connectivity index (χ1) is 16.6. The normalized spacial score (nSPS) is 18.7. The van der Waals surface area contributed by atoms with E-state index in [9.17, 15) is 9.18 Å². The van der Waals surface area contributed by atoms with Gasteiger partial charge in [0.15, 0.2) is 5.65 Å². The van der Waals surface area contributed by atoms with Crippen molar-refractivity contribution in [1.82, 2.24) is 29.6 Å². The van der Waals surface area contributed by atoms with Crippen molar-refractivity contribution >= 4 is 22.7 Å². The number of benzene rings is 1. The smallest absolute Gasteiger partial charge is 0.323 e. The van der Waals surface area contributed by atoms with Crippen molar-refractivity contribution in [3.63, 3.8) is 0 Å². The minimum atomic E-state index is -0.543. The van der Waals surface area contributed by atoms with Gasteiger partial charge in [-0.3, -0.25) is 9.18 Å². The number of fused-ring (bicyclic) bond motifs is 2. The number of anilines is 2. The zero-order valence-corrected chi connectivity index (χ0v) is 18.6. The lowest BCUT2D eigenvalue weighted by molar-refractivity contribution is 0.411. The SMILES string of the molecule is O=c1c2cnc(Nc3ccc4c(c3)CCNC4)nc2n(-c2nc(C3(CF)CC3)co2)n1C1CC1. The van der Waals surface area contributed by atoms with Gasteiger partial charge in [-0.25, -0.2) is 9.67 Å². The van der Waals surface area contributed by atoms with Crippen LogP contribution in [0.3, 0.4) is 0 Å². The molecule has 0 atom stereocenters. The molecule has 0 saturated heterocycles. The number of hydrogen-bond acceptors (Lipinski definition) is 7. The Morgan fingerprint density at radius 1 is 1.24 bits per heavy atom. The molecule has 0 radical (unpaired) electrons. The minimum absolute atomic E-state index is 0.0683. The molecule has 7 rings (SSSR count). The molecule has 3 aromatic heterocycles. The van der Waals surface area contributed by atoms with Gasteiger partial charge >= 0.3 is 6.01 Å². The Labute approximate surface area is 194 Å². The first kappa shape index (κ1) is 19.9. The molecule has 10 heteroatoms. The molecule has 0 bridgehead atoms. The van der Waals surface area contributed by atoms with Crippen LogP contribution >= 0.6 is 0 Å². The second-order valence-electron chi connectivity index (χ2n) is 9.59. The molecule has 1 aromatic carbocycles. The third kappa shape index (κ3) is 3.08. The third-order valence-electron chi connectivity index (χ3n) is 7.19. The van der Waals surface area contributed by atoms with E-state index in [1.807, 2.05) is 6.07 Å². The summed E-state index contributed by atoms with van der Waals surface area (Å²) in [5, 5.41) is 7.06. The zero-order chi connectivity index (χ0) is 22.9. The largest absolute Gasteiger partial charge is 0.430 e. The van der Waals surface area contributed by atoms with Crippen LogP contribution in [0.2, 0.25) is 0 Å². The van der Waals surface area contributed by atoms with Gasteiger partial charge in [0.05, 0.1) is 11.7 Å². The van der Waals surface area contributed by atoms with Gasteiger partial charge in [-0.15, -0.1) is 0 Å². The molecule has 2 N–H and O–H groups in total. The molecule has 34 heavy (non-hydrogen) atoms. The van der Waals surface area contributed by atoms with Gasteiger partial charge in [0.2, 0.25) is 5.95 Å². The lowest BCUT2D eigenvalue weighted by Crippen LogP contribution is -2.23. The average Bonchev–Trinajstić information content (AvgIpc) is 3.79. The number of aromatic nitrogens is 5. The van der Waals surface area contributed by atoms with Gasteiger partial charge in [-0.2, -0.15) is 14.6 Å². The average molecular weight is 462 g/mol. The Balaban J connectivity index is 1.31. The van der Waals surface area contributed by atoms with Crippen LogP contribution in [0.5, 0.6) is 0 Å². The molecule has 2 aliphatic carbocycles. The van der Waals surface area contributed by atoms with Crippen molar-refractivity contribution in [2.24, 2.45) is 0 Å². The van der Waals surface area contributed by atoms with Crippen molar-refractivity contribution in [3.05, 3.63) is 57.8 Å². The summed E-state index contributed by atoms with van der Waals surface area (Å²) in [6, 6.07) is 6.54. The summed E-state index contributed by atoms with van der Waals surface area (Å²) in [5.41, 5.74) is 3.80. The number of alkyl halides is 1. The van der Waals surface area contributed by atoms with E-state index in [1.54, 1.807) is 15.6 Å². The number of nitrogens with zero attached hydrogens (tertiary/aromatic N) is 5. The molecule has 4 heterocycles. The number of nitrogens with one attached hydrogen (secondary N) is 2. The summed E-state index contributed by atoms with van der Waals surface area (Å²) in [6.45, 7) is 1.37. The lowest BCUT2D eigenvalue weighted by atomic mass is 10.0. The molecule has 9 nitrogen and oxygen atoms in total. The van der Waals surface area contributed by atoms with E-state index in [0.29, 0.717) is 22.7 Å². The molecule has 174 valence electrons. The summed E-state index contributed by atoms with van der Waals surface area (Å²) in [5.74, 6) is 0.386. The maximum absolute atomic E-state index is 13.6. The zero-order valence-electron chi connectivity index (χ0n) is 18.6. The first-order valence-electron chi connectivity index (χ1n) is 11.8. The van der Waals surface area contributed by atoms with Crippen LogP contribution in [0.25, 0.3) is 17.0 Å². The second kappa shape index (κ2) is 7.23.